The van der Waals surface area contributed by atoms with E-state index in [-0.39, 0.29) is 5.92 Å². The van der Waals surface area contributed by atoms with Crippen molar-refractivity contribution in [1.29, 1.82) is 0 Å². The van der Waals surface area contributed by atoms with Gasteiger partial charge in [-0.2, -0.15) is 0 Å². The number of benzene rings is 2. The summed E-state index contributed by atoms with van der Waals surface area (Å²) in [5, 5.41) is 0. The summed E-state index contributed by atoms with van der Waals surface area (Å²) in [5.74, 6) is 0.571. The van der Waals surface area contributed by atoms with Crippen molar-refractivity contribution < 1.29 is 4.79 Å². The lowest BCUT2D eigenvalue weighted by atomic mass is 9.75. The van der Waals surface area contributed by atoms with Gasteiger partial charge in [-0.15, -0.1) is 0 Å². The molecule has 2 saturated heterocycles. The maximum Gasteiger partial charge on any atom is 0.166 e. The highest BCUT2D eigenvalue weighted by molar-refractivity contribution is 5.98. The highest BCUT2D eigenvalue weighted by Gasteiger charge is 2.40. The number of carbonyl (C=O) groups excluding carboxylic acids is 1. The lowest BCUT2D eigenvalue weighted by molar-refractivity contribution is 0.00906. The fourth-order valence-electron chi connectivity index (χ4n) is 5.20. The Labute approximate surface area is 170 Å². The third-order valence-electron chi connectivity index (χ3n) is 6.76. The van der Waals surface area contributed by atoms with Crippen LogP contribution in [0.5, 0.6) is 0 Å². The highest BCUT2D eigenvalue weighted by atomic mass is 16.1. The zero-order chi connectivity index (χ0) is 19.3. The van der Waals surface area contributed by atoms with Gasteiger partial charge in [-0.3, -0.25) is 9.69 Å². The molecule has 2 atom stereocenters. The van der Waals surface area contributed by atoms with E-state index in [9.17, 15) is 4.79 Å². The Morgan fingerprint density at radius 3 is 2.25 bits per heavy atom. The summed E-state index contributed by atoms with van der Waals surface area (Å²) in [6.45, 7) is 3.25. The van der Waals surface area contributed by atoms with Crippen LogP contribution in [0.3, 0.4) is 0 Å². The Bertz CT molecular complexity index is 753. The fourth-order valence-corrected chi connectivity index (χ4v) is 5.20. The van der Waals surface area contributed by atoms with Crippen LogP contribution in [0.4, 0.5) is 0 Å². The van der Waals surface area contributed by atoms with Gasteiger partial charge in [-0.05, 0) is 49.7 Å². The predicted molar refractivity (Wildman–Crippen MR) is 116 cm³/mol. The number of carbonyl (C=O) groups is 1. The van der Waals surface area contributed by atoms with Gasteiger partial charge in [0.2, 0.25) is 0 Å². The minimum absolute atomic E-state index is 0.198. The molecular formula is C26H33NO. The third-order valence-corrected chi connectivity index (χ3v) is 6.76. The summed E-state index contributed by atoms with van der Waals surface area (Å²) in [5.41, 5.74) is 3.67. The molecule has 2 nitrogen and oxygen atoms in total. The molecule has 0 N–H and O–H groups in total. The molecular weight excluding hydrogens is 342 g/mol. The van der Waals surface area contributed by atoms with E-state index in [1.54, 1.807) is 0 Å². The molecule has 0 aromatic heterocycles. The lowest BCUT2D eigenvalue weighted by Crippen LogP contribution is -2.52. The average Bonchev–Trinajstić information content (AvgIpc) is 2.73. The molecule has 2 aromatic rings. The van der Waals surface area contributed by atoms with Crippen molar-refractivity contribution in [2.45, 2.75) is 76.9 Å². The monoisotopic (exact) mass is 375 g/mol. The quantitative estimate of drug-likeness (QED) is 0.549. The fraction of sp³-hybridized carbons (Fsp3) is 0.500. The van der Waals surface area contributed by atoms with Crippen molar-refractivity contribution >= 4 is 5.78 Å². The normalized spacial score (nSPS) is 24.8. The summed E-state index contributed by atoms with van der Waals surface area (Å²) in [6.07, 6.45) is 9.40. The number of piperidine rings is 2. The minimum Gasteiger partial charge on any atom is -0.294 e. The summed E-state index contributed by atoms with van der Waals surface area (Å²) < 4.78 is 0. The van der Waals surface area contributed by atoms with Gasteiger partial charge >= 0.3 is 0 Å². The van der Waals surface area contributed by atoms with Crippen LogP contribution in [-0.4, -0.2) is 22.8 Å². The summed E-state index contributed by atoms with van der Waals surface area (Å²) >= 11 is 0. The summed E-state index contributed by atoms with van der Waals surface area (Å²) in [4.78, 5) is 15.9. The molecule has 148 valence electrons. The molecule has 2 bridgehead atoms. The van der Waals surface area contributed by atoms with Crippen LogP contribution in [0.15, 0.2) is 54.6 Å². The van der Waals surface area contributed by atoms with E-state index in [0.717, 1.165) is 31.4 Å². The van der Waals surface area contributed by atoms with Crippen LogP contribution in [0.1, 0.15) is 73.4 Å². The van der Waals surface area contributed by atoms with E-state index in [4.69, 9.17) is 0 Å². The zero-order valence-corrected chi connectivity index (χ0v) is 17.1. The van der Waals surface area contributed by atoms with Crippen molar-refractivity contribution in [3.05, 3.63) is 71.3 Å². The number of fused-ring (bicyclic) bond motifs is 2. The number of aryl methyl sites for hydroxylation is 1. The first-order valence-electron chi connectivity index (χ1n) is 11.2. The van der Waals surface area contributed by atoms with E-state index >= 15 is 0 Å². The molecule has 2 fully saturated rings. The molecule has 2 aromatic carbocycles. The number of hydrogen-bond donors (Lipinski definition) is 0. The van der Waals surface area contributed by atoms with Crippen LogP contribution in [-0.2, 0) is 13.0 Å². The van der Waals surface area contributed by atoms with Crippen molar-refractivity contribution in [2.75, 3.05) is 0 Å². The van der Waals surface area contributed by atoms with E-state index in [2.05, 4.69) is 66.4 Å². The number of ketones is 1. The first kappa shape index (κ1) is 19.4. The van der Waals surface area contributed by atoms with E-state index in [0.29, 0.717) is 17.9 Å². The number of rotatable bonds is 7. The molecule has 2 heteroatoms. The largest absolute Gasteiger partial charge is 0.294 e. The smallest absolute Gasteiger partial charge is 0.166 e. The SMILES string of the molecule is CCCCc1ccc(C(=O)C2CC3CCCC(C2)N3Cc2ccccc2)cc1. The summed E-state index contributed by atoms with van der Waals surface area (Å²) in [6, 6.07) is 20.4. The second kappa shape index (κ2) is 9.05. The first-order valence-corrected chi connectivity index (χ1v) is 11.2. The van der Waals surface area contributed by atoms with Crippen LogP contribution in [0.25, 0.3) is 0 Å². The van der Waals surface area contributed by atoms with Crippen molar-refractivity contribution in [2.24, 2.45) is 5.92 Å². The summed E-state index contributed by atoms with van der Waals surface area (Å²) in [7, 11) is 0. The second-order valence-electron chi connectivity index (χ2n) is 8.73. The molecule has 0 radical (unpaired) electrons. The van der Waals surface area contributed by atoms with Gasteiger partial charge in [0.1, 0.15) is 0 Å². The molecule has 0 aliphatic carbocycles. The molecule has 28 heavy (non-hydrogen) atoms. The molecule has 2 unspecified atom stereocenters. The Morgan fingerprint density at radius 2 is 1.61 bits per heavy atom. The van der Waals surface area contributed by atoms with E-state index in [1.807, 2.05) is 0 Å². The van der Waals surface area contributed by atoms with Gasteiger partial charge in [-0.1, -0.05) is 74.4 Å². The maximum absolute atomic E-state index is 13.2. The standard InChI is InChI=1S/C26H33NO/c1-2-3-8-20-13-15-22(16-14-20)26(28)23-17-24-11-7-12-25(18-23)27(24)19-21-9-5-4-6-10-21/h4-6,9-10,13-16,23-25H,2-3,7-8,11-12,17-19H2,1H3. The molecule has 4 rings (SSSR count). The Balaban J connectivity index is 1.42. The lowest BCUT2D eigenvalue weighted by Gasteiger charge is -2.48. The Morgan fingerprint density at radius 1 is 0.929 bits per heavy atom. The van der Waals surface area contributed by atoms with Gasteiger partial charge in [0.15, 0.2) is 5.78 Å². The molecule has 0 saturated carbocycles. The van der Waals surface area contributed by atoms with Gasteiger partial charge < -0.3 is 0 Å². The van der Waals surface area contributed by atoms with E-state index < -0.39 is 0 Å². The predicted octanol–water partition coefficient (Wildman–Crippen LogP) is 6.05. The highest BCUT2D eigenvalue weighted by Crippen LogP contribution is 2.39. The number of Topliss-reactive ketones (excluding diaryl/α,β-unsaturated/α-hetero) is 1. The van der Waals surface area contributed by atoms with Crippen LogP contribution in [0, 0.1) is 5.92 Å². The maximum atomic E-state index is 13.2. The molecule has 2 heterocycles. The van der Waals surface area contributed by atoms with E-state index in [1.165, 1.54) is 43.2 Å². The minimum atomic E-state index is 0.198. The Kier molecular flexibility index (Phi) is 6.26. The molecule has 2 aliphatic heterocycles. The van der Waals surface area contributed by atoms with Crippen molar-refractivity contribution in [3.8, 4) is 0 Å². The topological polar surface area (TPSA) is 20.3 Å². The zero-order valence-electron chi connectivity index (χ0n) is 17.1. The third kappa shape index (κ3) is 4.38. The van der Waals surface area contributed by atoms with Crippen LogP contribution >= 0.6 is 0 Å². The number of nitrogens with zero attached hydrogens (tertiary/aromatic N) is 1. The van der Waals surface area contributed by atoms with Gasteiger partial charge in [0, 0.05) is 30.1 Å². The molecule has 2 aliphatic rings. The first-order chi connectivity index (χ1) is 13.7. The number of hydrogen-bond acceptors (Lipinski definition) is 2. The van der Waals surface area contributed by atoms with Crippen LogP contribution < -0.4 is 0 Å². The number of unbranched alkanes of at least 4 members (excludes halogenated alkanes) is 1. The average molecular weight is 376 g/mol. The second-order valence-corrected chi connectivity index (χ2v) is 8.73. The van der Waals surface area contributed by atoms with Gasteiger partial charge in [0.05, 0.1) is 0 Å². The molecule has 0 amide bonds. The van der Waals surface area contributed by atoms with Crippen LogP contribution in [0.2, 0.25) is 0 Å². The van der Waals surface area contributed by atoms with Crippen molar-refractivity contribution in [1.82, 2.24) is 4.90 Å². The van der Waals surface area contributed by atoms with Gasteiger partial charge in [0.25, 0.3) is 0 Å². The van der Waals surface area contributed by atoms with Crippen molar-refractivity contribution in [3.63, 3.8) is 0 Å². The van der Waals surface area contributed by atoms with Gasteiger partial charge in [-0.25, -0.2) is 0 Å². The molecule has 0 spiro atoms. The Hall–Kier alpha value is -1.93.